The van der Waals surface area contributed by atoms with Crippen molar-refractivity contribution in [3.8, 4) is 5.75 Å². The second-order valence-electron chi connectivity index (χ2n) is 7.67. The summed E-state index contributed by atoms with van der Waals surface area (Å²) in [6.45, 7) is 0.543. The third-order valence-electron chi connectivity index (χ3n) is 5.39. The van der Waals surface area contributed by atoms with Crippen LogP contribution in [0.5, 0.6) is 5.75 Å². The number of carboxylic acids is 1. The van der Waals surface area contributed by atoms with Gasteiger partial charge in [-0.2, -0.15) is 0 Å². The molecule has 150 valence electrons. The molecule has 6 N–H and O–H groups in total. The largest absolute Gasteiger partial charge is 0.497 e. The van der Waals surface area contributed by atoms with Gasteiger partial charge in [-0.3, -0.25) is 4.79 Å². The molecular formula is C19H31BN2O5. The highest BCUT2D eigenvalue weighted by molar-refractivity contribution is 6.40. The van der Waals surface area contributed by atoms with Gasteiger partial charge in [0.2, 0.25) is 0 Å². The Morgan fingerprint density at radius 2 is 1.93 bits per heavy atom. The molecule has 1 aromatic rings. The van der Waals surface area contributed by atoms with E-state index in [9.17, 15) is 9.90 Å². The molecule has 1 fully saturated rings. The molecule has 1 aliphatic rings. The predicted octanol–water partition coefficient (Wildman–Crippen LogP) is 1.18. The zero-order chi connectivity index (χ0) is 19.9. The summed E-state index contributed by atoms with van der Waals surface area (Å²) in [5.74, 6) is -0.173. The fourth-order valence-corrected chi connectivity index (χ4v) is 3.36. The molecular weight excluding hydrogens is 347 g/mol. The van der Waals surface area contributed by atoms with Crippen LogP contribution in [0.4, 0.5) is 0 Å². The monoisotopic (exact) mass is 378 g/mol. The average Bonchev–Trinajstić information content (AvgIpc) is 3.38. The first-order chi connectivity index (χ1) is 12.8. The smallest absolute Gasteiger partial charge is 0.451 e. The molecule has 0 saturated heterocycles. The van der Waals surface area contributed by atoms with E-state index in [2.05, 4.69) is 17.4 Å². The number of benzene rings is 1. The second-order valence-corrected chi connectivity index (χ2v) is 7.67. The summed E-state index contributed by atoms with van der Waals surface area (Å²) in [7, 11) is 0.295. The summed E-state index contributed by atoms with van der Waals surface area (Å²) in [6, 6.07) is 8.01. The Balaban J connectivity index is 1.80. The zero-order valence-electron chi connectivity index (χ0n) is 16.0. The van der Waals surface area contributed by atoms with Gasteiger partial charge in [-0.15, -0.1) is 0 Å². The Kier molecular flexibility index (Phi) is 7.67. The zero-order valence-corrected chi connectivity index (χ0v) is 16.0. The highest BCUT2D eigenvalue weighted by Gasteiger charge is 2.43. The minimum atomic E-state index is -1.35. The van der Waals surface area contributed by atoms with Gasteiger partial charge in [0.1, 0.15) is 11.3 Å². The van der Waals surface area contributed by atoms with Crippen LogP contribution in [0.2, 0.25) is 6.32 Å². The SMILES string of the molecule is COc1ccc(CC2(NCCC(N)(CCCCB(O)O)C(=O)O)CC2)cc1. The van der Waals surface area contributed by atoms with Crippen LogP contribution in [0.1, 0.15) is 44.1 Å². The lowest BCUT2D eigenvalue weighted by molar-refractivity contribution is -0.144. The summed E-state index contributed by atoms with van der Waals surface area (Å²) in [5, 5.41) is 30.8. The van der Waals surface area contributed by atoms with Crippen LogP contribution in [-0.2, 0) is 11.2 Å². The van der Waals surface area contributed by atoms with Gasteiger partial charge in [-0.1, -0.05) is 25.0 Å². The predicted molar refractivity (Wildman–Crippen MR) is 105 cm³/mol. The van der Waals surface area contributed by atoms with Gasteiger partial charge in [0, 0.05) is 5.54 Å². The Bertz CT molecular complexity index is 607. The Labute approximate surface area is 161 Å². The van der Waals surface area contributed by atoms with Crippen LogP contribution in [0.3, 0.4) is 0 Å². The summed E-state index contributed by atoms with van der Waals surface area (Å²) < 4.78 is 5.18. The molecule has 0 aromatic heterocycles. The van der Waals surface area contributed by atoms with Gasteiger partial charge in [0.25, 0.3) is 0 Å². The van der Waals surface area contributed by atoms with E-state index in [0.717, 1.165) is 25.0 Å². The standard InChI is InChI=1S/C19H31BN2O5/c1-27-16-6-4-15(5-7-16)14-18(9-10-18)22-13-11-19(21,17(23)24)8-2-3-12-20(25)26/h4-7,22,25-26H,2-3,8-14,21H2,1H3,(H,23,24). The van der Waals surface area contributed by atoms with Gasteiger partial charge < -0.3 is 30.9 Å². The number of nitrogens with one attached hydrogen (secondary N) is 1. The normalized spacial score (nSPS) is 17.2. The van der Waals surface area contributed by atoms with Crippen molar-refractivity contribution in [3.63, 3.8) is 0 Å². The molecule has 1 saturated carbocycles. The van der Waals surface area contributed by atoms with Gasteiger partial charge in [0.05, 0.1) is 7.11 Å². The summed E-state index contributed by atoms with van der Waals surface area (Å²) in [6.07, 6.45) is 5.03. The van der Waals surface area contributed by atoms with E-state index in [1.54, 1.807) is 7.11 Å². The van der Waals surface area contributed by atoms with Gasteiger partial charge >= 0.3 is 13.1 Å². The fraction of sp³-hybridized carbons (Fsp3) is 0.632. The lowest BCUT2D eigenvalue weighted by atomic mass is 9.81. The van der Waals surface area contributed by atoms with Crippen LogP contribution < -0.4 is 15.8 Å². The van der Waals surface area contributed by atoms with Crippen molar-refractivity contribution in [3.05, 3.63) is 29.8 Å². The topological polar surface area (TPSA) is 125 Å². The lowest BCUT2D eigenvalue weighted by Gasteiger charge is -2.26. The van der Waals surface area contributed by atoms with Crippen molar-refractivity contribution in [1.29, 1.82) is 0 Å². The first kappa shape index (κ1) is 21.7. The van der Waals surface area contributed by atoms with Crippen molar-refractivity contribution in [1.82, 2.24) is 5.32 Å². The number of hydrogen-bond donors (Lipinski definition) is 5. The highest BCUT2D eigenvalue weighted by atomic mass is 16.5. The van der Waals surface area contributed by atoms with Crippen molar-refractivity contribution in [2.75, 3.05) is 13.7 Å². The summed E-state index contributed by atoms with van der Waals surface area (Å²) >= 11 is 0. The maximum atomic E-state index is 11.6. The first-order valence-corrected chi connectivity index (χ1v) is 9.55. The number of carboxylic acid groups (broad SMARTS) is 1. The van der Waals surface area contributed by atoms with E-state index in [4.69, 9.17) is 20.5 Å². The number of carbonyl (C=O) groups is 1. The van der Waals surface area contributed by atoms with Gasteiger partial charge in [-0.25, -0.2) is 0 Å². The first-order valence-electron chi connectivity index (χ1n) is 9.55. The molecule has 1 aromatic carbocycles. The van der Waals surface area contributed by atoms with E-state index in [1.165, 1.54) is 5.56 Å². The molecule has 0 aliphatic heterocycles. The van der Waals surface area contributed by atoms with Crippen LogP contribution in [0.15, 0.2) is 24.3 Å². The number of nitrogens with two attached hydrogens (primary N) is 1. The number of ether oxygens (including phenoxy) is 1. The maximum absolute atomic E-state index is 11.6. The van der Waals surface area contributed by atoms with E-state index in [1.807, 2.05) is 12.1 Å². The number of unbranched alkanes of at least 4 members (excludes halogenated alkanes) is 1. The van der Waals surface area contributed by atoms with E-state index >= 15 is 0 Å². The molecule has 0 spiro atoms. The molecule has 7 nitrogen and oxygen atoms in total. The maximum Gasteiger partial charge on any atom is 0.451 e. The molecule has 0 bridgehead atoms. The van der Waals surface area contributed by atoms with Gasteiger partial charge in [-0.05, 0) is 62.7 Å². The molecule has 1 aliphatic carbocycles. The molecule has 8 heteroatoms. The fourth-order valence-electron chi connectivity index (χ4n) is 3.36. The van der Waals surface area contributed by atoms with Crippen LogP contribution in [0.25, 0.3) is 0 Å². The lowest BCUT2D eigenvalue weighted by Crippen LogP contribution is -2.50. The number of methoxy groups -OCH3 is 1. The molecule has 1 unspecified atom stereocenters. The molecule has 1 atom stereocenters. The third-order valence-corrected chi connectivity index (χ3v) is 5.39. The summed E-state index contributed by atoms with van der Waals surface area (Å²) in [4.78, 5) is 11.6. The Morgan fingerprint density at radius 1 is 1.26 bits per heavy atom. The number of rotatable bonds is 13. The van der Waals surface area contributed by atoms with E-state index in [-0.39, 0.29) is 11.9 Å². The molecule has 0 amide bonds. The molecule has 2 rings (SSSR count). The second kappa shape index (κ2) is 9.55. The van der Waals surface area contributed by atoms with Crippen molar-refractivity contribution in [2.24, 2.45) is 5.73 Å². The quantitative estimate of drug-likeness (QED) is 0.258. The number of aliphatic carboxylic acids is 1. The van der Waals surface area contributed by atoms with Crippen LogP contribution in [0, 0.1) is 0 Å². The molecule has 0 radical (unpaired) electrons. The average molecular weight is 378 g/mol. The van der Waals surface area contributed by atoms with Crippen molar-refractivity contribution < 1.29 is 24.7 Å². The minimum absolute atomic E-state index is 0.0367. The molecule has 27 heavy (non-hydrogen) atoms. The molecule has 0 heterocycles. The van der Waals surface area contributed by atoms with Crippen molar-refractivity contribution >= 4 is 13.1 Å². The summed E-state index contributed by atoms with van der Waals surface area (Å²) in [5.41, 5.74) is 6.08. The van der Waals surface area contributed by atoms with Crippen LogP contribution in [-0.4, -0.2) is 53.0 Å². The Morgan fingerprint density at radius 3 is 2.44 bits per heavy atom. The van der Waals surface area contributed by atoms with Gasteiger partial charge in [0.15, 0.2) is 0 Å². The van der Waals surface area contributed by atoms with E-state index in [0.29, 0.717) is 32.2 Å². The van der Waals surface area contributed by atoms with Crippen molar-refractivity contribution in [2.45, 2.75) is 62.3 Å². The highest BCUT2D eigenvalue weighted by Crippen LogP contribution is 2.39. The number of hydrogen-bond acceptors (Lipinski definition) is 6. The van der Waals surface area contributed by atoms with Crippen LogP contribution >= 0.6 is 0 Å². The Hall–Kier alpha value is -1.61. The minimum Gasteiger partial charge on any atom is -0.497 e. The van der Waals surface area contributed by atoms with E-state index < -0.39 is 18.6 Å². The third kappa shape index (κ3) is 6.81.